The fourth-order valence-electron chi connectivity index (χ4n) is 7.03. The summed E-state index contributed by atoms with van der Waals surface area (Å²) in [5, 5.41) is 20.9. The van der Waals surface area contributed by atoms with Gasteiger partial charge in [0.2, 0.25) is 0 Å². The van der Waals surface area contributed by atoms with Crippen LogP contribution in [0.3, 0.4) is 0 Å². The molecule has 1 aliphatic heterocycles. The normalized spacial score (nSPS) is 19.7. The van der Waals surface area contributed by atoms with E-state index < -0.39 is 83.7 Å². The highest BCUT2D eigenvalue weighted by Crippen LogP contribution is 2.60. The number of carbonyl (C=O) groups excluding carboxylic acids is 3. The van der Waals surface area contributed by atoms with Crippen LogP contribution in [0.25, 0.3) is 0 Å². The van der Waals surface area contributed by atoms with Gasteiger partial charge in [-0.05, 0) is 50.7 Å². The third kappa shape index (κ3) is 29.4. The number of aromatic nitrogens is 2. The lowest BCUT2D eigenvalue weighted by Crippen LogP contribution is -2.36. The molecule has 69 heavy (non-hydrogen) atoms. The fraction of sp³-hybridized carbons (Fsp3) is 0.688. The largest absolute Gasteiger partial charge is 0.481 e. The summed E-state index contributed by atoms with van der Waals surface area (Å²) < 4.78 is 56.5. The van der Waals surface area contributed by atoms with Gasteiger partial charge in [-0.15, -0.1) is 0 Å². The standard InChI is InChI=1S/C48H79N3O16P2/c1-3-5-7-9-11-13-15-17-19-21-23-25-27-30-39(52)31-29-33-43(53)62-36-40(65-44(54)32-28-26-24-22-20-18-16-14-12-10-8-6-4-2)37-63-68(58,59)67-69(60,61)64-38-41-45(55)46(56)47(66-41)51-35-34-42(49)50-48(51)57/h11,13,17,19,23,25,27,30,34-35,40-41,45-47,55-56H,3-10,12,14-16,18,20-22,24,26,28-29,31-33,36-38H2,1-2H3,(H,58,59)(H,60,61)(H2,49,50,57)/b13-11-,19-17-,25-23-,30-27+/t40-,41-,45-,46-,47-/m1/s1. The number of anilines is 1. The van der Waals surface area contributed by atoms with Gasteiger partial charge in [-0.1, -0.05) is 146 Å². The van der Waals surface area contributed by atoms with E-state index in [-0.39, 0.29) is 37.3 Å². The summed E-state index contributed by atoms with van der Waals surface area (Å²) in [5.41, 5.74) is 4.56. The number of allylic oxidation sites excluding steroid dienone is 8. The first-order chi connectivity index (χ1) is 33.1. The minimum Gasteiger partial charge on any atom is -0.462 e. The molecule has 0 bridgehead atoms. The van der Waals surface area contributed by atoms with Crippen LogP contribution in [0, 0.1) is 0 Å². The van der Waals surface area contributed by atoms with Crippen LogP contribution in [0.15, 0.2) is 65.7 Å². The molecule has 392 valence electrons. The third-order valence-corrected chi connectivity index (χ3v) is 13.5. The van der Waals surface area contributed by atoms with Crippen LogP contribution in [0.4, 0.5) is 5.82 Å². The Balaban J connectivity index is 1.86. The number of ether oxygens (including phenoxy) is 3. The minimum atomic E-state index is -5.47. The molecular formula is C48H79N3O16P2. The van der Waals surface area contributed by atoms with Crippen molar-refractivity contribution in [3.8, 4) is 0 Å². The molecule has 0 aromatic carbocycles. The van der Waals surface area contributed by atoms with Crippen LogP contribution in [0.1, 0.15) is 168 Å². The number of esters is 2. The maximum absolute atomic E-state index is 12.8. The molecular weight excluding hydrogens is 936 g/mol. The Morgan fingerprint density at radius 2 is 1.32 bits per heavy atom. The number of hydrogen-bond donors (Lipinski definition) is 5. The first kappa shape index (κ1) is 61.5. The van der Waals surface area contributed by atoms with Gasteiger partial charge in [0.05, 0.1) is 13.2 Å². The lowest BCUT2D eigenvalue weighted by Gasteiger charge is -2.21. The van der Waals surface area contributed by atoms with E-state index in [1.807, 2.05) is 12.2 Å². The van der Waals surface area contributed by atoms with Crippen molar-refractivity contribution in [2.45, 2.75) is 192 Å². The summed E-state index contributed by atoms with van der Waals surface area (Å²) in [4.78, 5) is 74.1. The second kappa shape index (κ2) is 36.3. The van der Waals surface area contributed by atoms with E-state index in [1.54, 1.807) is 12.2 Å². The summed E-state index contributed by atoms with van der Waals surface area (Å²) in [6, 6.07) is 1.23. The van der Waals surface area contributed by atoms with E-state index in [1.165, 1.54) is 82.8 Å². The van der Waals surface area contributed by atoms with Gasteiger partial charge in [-0.3, -0.25) is 28.0 Å². The summed E-state index contributed by atoms with van der Waals surface area (Å²) in [6.07, 6.45) is 29.2. The Bertz CT molecular complexity index is 1910. The number of aliphatic hydroxyl groups excluding tert-OH is 2. The van der Waals surface area contributed by atoms with E-state index >= 15 is 0 Å². The second-order valence-electron chi connectivity index (χ2n) is 17.0. The Hall–Kier alpha value is -3.61. The molecule has 2 rings (SSSR count). The molecule has 0 amide bonds. The SMILES string of the molecule is CCCCC/C=C\C/C=C\C/C=C\C=C\C(=O)CCCC(=O)OC[C@H](COP(=O)(O)OP(=O)(O)OC[C@H]1O[C@@H](n2ccc(N)nc2=O)[C@H](O)[C@@H]1O)OC(=O)CCCCCCCCCCCCCCC. The number of aliphatic hydroxyl groups is 2. The van der Waals surface area contributed by atoms with E-state index in [0.29, 0.717) is 6.42 Å². The van der Waals surface area contributed by atoms with Gasteiger partial charge in [0.15, 0.2) is 18.1 Å². The van der Waals surface area contributed by atoms with Crippen LogP contribution in [0.2, 0.25) is 0 Å². The smallest absolute Gasteiger partial charge is 0.462 e. The topological polar surface area (TPSA) is 283 Å². The van der Waals surface area contributed by atoms with E-state index in [9.17, 15) is 48.3 Å². The maximum Gasteiger partial charge on any atom is 0.481 e. The molecule has 1 fully saturated rings. The van der Waals surface area contributed by atoms with Crippen molar-refractivity contribution in [2.75, 3.05) is 25.6 Å². The molecule has 0 aliphatic carbocycles. The van der Waals surface area contributed by atoms with Gasteiger partial charge < -0.3 is 39.9 Å². The molecule has 0 saturated carbocycles. The van der Waals surface area contributed by atoms with Crippen LogP contribution in [-0.4, -0.2) is 91.5 Å². The third-order valence-electron chi connectivity index (χ3n) is 10.9. The molecule has 21 heteroatoms. The monoisotopic (exact) mass is 1020 g/mol. The van der Waals surface area contributed by atoms with Gasteiger partial charge in [0, 0.05) is 25.5 Å². The zero-order valence-electron chi connectivity index (χ0n) is 40.6. The van der Waals surface area contributed by atoms with Crippen molar-refractivity contribution in [2.24, 2.45) is 0 Å². The highest BCUT2D eigenvalue weighted by molar-refractivity contribution is 7.61. The van der Waals surface area contributed by atoms with Crippen molar-refractivity contribution in [3.63, 3.8) is 0 Å². The number of phosphoric ester groups is 2. The maximum atomic E-state index is 12.8. The van der Waals surface area contributed by atoms with Crippen LogP contribution in [-0.2, 0) is 51.1 Å². The van der Waals surface area contributed by atoms with Gasteiger partial charge in [-0.25, -0.2) is 13.9 Å². The predicted octanol–water partition coefficient (Wildman–Crippen LogP) is 8.96. The van der Waals surface area contributed by atoms with Gasteiger partial charge in [0.25, 0.3) is 0 Å². The van der Waals surface area contributed by atoms with Gasteiger partial charge >= 0.3 is 33.3 Å². The minimum absolute atomic E-state index is 0.00165. The Morgan fingerprint density at radius 3 is 1.97 bits per heavy atom. The average Bonchev–Trinajstić information content (AvgIpc) is 3.58. The number of carbonyl (C=O) groups is 3. The average molecular weight is 1020 g/mol. The molecule has 1 aromatic rings. The molecule has 2 heterocycles. The van der Waals surface area contributed by atoms with Crippen molar-refractivity contribution in [1.82, 2.24) is 9.55 Å². The summed E-state index contributed by atoms with van der Waals surface area (Å²) in [7, 11) is -10.9. The highest BCUT2D eigenvalue weighted by atomic mass is 31.3. The molecule has 0 spiro atoms. The number of nitrogens with zero attached hydrogens (tertiary/aromatic N) is 2. The van der Waals surface area contributed by atoms with Crippen LogP contribution >= 0.6 is 15.6 Å². The first-order valence-electron chi connectivity index (χ1n) is 24.6. The highest BCUT2D eigenvalue weighted by Gasteiger charge is 2.46. The van der Waals surface area contributed by atoms with Gasteiger partial charge in [0.1, 0.15) is 30.7 Å². The fourth-order valence-corrected chi connectivity index (χ4v) is 9.14. The number of hydrogen-bond acceptors (Lipinski definition) is 16. The molecule has 1 aromatic heterocycles. The number of nitrogen functional groups attached to an aromatic ring is 1. The molecule has 1 aliphatic rings. The predicted molar refractivity (Wildman–Crippen MR) is 261 cm³/mol. The molecule has 1 saturated heterocycles. The molecule has 6 N–H and O–H groups in total. The number of rotatable bonds is 40. The molecule has 7 atom stereocenters. The molecule has 2 unspecified atom stereocenters. The first-order valence-corrected chi connectivity index (χ1v) is 27.6. The Morgan fingerprint density at radius 1 is 0.739 bits per heavy atom. The van der Waals surface area contributed by atoms with E-state index in [4.69, 9.17) is 29.0 Å². The lowest BCUT2D eigenvalue weighted by molar-refractivity contribution is -0.161. The zero-order chi connectivity index (χ0) is 50.8. The van der Waals surface area contributed by atoms with Gasteiger partial charge in [-0.2, -0.15) is 9.29 Å². The number of phosphoric acid groups is 2. The Kier molecular flexibility index (Phi) is 32.4. The lowest BCUT2D eigenvalue weighted by atomic mass is 10.0. The Labute approximate surface area is 407 Å². The van der Waals surface area contributed by atoms with Crippen LogP contribution < -0.4 is 11.4 Å². The van der Waals surface area contributed by atoms with E-state index in [2.05, 4.69) is 41.4 Å². The van der Waals surface area contributed by atoms with E-state index in [0.717, 1.165) is 55.7 Å². The zero-order valence-corrected chi connectivity index (χ0v) is 42.4. The quantitative estimate of drug-likeness (QED) is 0.0102. The summed E-state index contributed by atoms with van der Waals surface area (Å²) >= 11 is 0. The number of ketones is 1. The number of unbranched alkanes of at least 4 members (excludes halogenated alkanes) is 15. The second-order valence-corrected chi connectivity index (χ2v) is 20.0. The number of nitrogens with two attached hydrogens (primary N) is 1. The molecule has 0 radical (unpaired) electrons. The van der Waals surface area contributed by atoms with Crippen molar-refractivity contribution in [1.29, 1.82) is 0 Å². The van der Waals surface area contributed by atoms with Crippen molar-refractivity contribution < 1.29 is 71.1 Å². The summed E-state index contributed by atoms with van der Waals surface area (Å²) in [5.74, 6) is -1.76. The van der Waals surface area contributed by atoms with Crippen LogP contribution in [0.5, 0.6) is 0 Å². The molecule has 19 nitrogen and oxygen atoms in total. The summed E-state index contributed by atoms with van der Waals surface area (Å²) in [6.45, 7) is 1.88. The van der Waals surface area contributed by atoms with Crippen molar-refractivity contribution in [3.05, 3.63) is 71.4 Å². The van der Waals surface area contributed by atoms with Crippen molar-refractivity contribution >= 4 is 39.2 Å².